The Morgan fingerprint density at radius 2 is 1.47 bits per heavy atom. The molecule has 0 N–H and O–H groups in total. The third-order valence-corrected chi connectivity index (χ3v) is 5.30. The van der Waals surface area contributed by atoms with Crippen molar-refractivity contribution in [2.45, 2.75) is 12.8 Å². The minimum absolute atomic E-state index is 0.0416. The standard InChI is InChI=1S/C23H28N2O5/c1-28-19-8-5-4-7-17(19)16-22(26)24-11-6-12-25(14-13-24)23(27)18-9-10-20(29-2)21(15-18)30-3/h4-5,7-10,15H,6,11-14,16H2,1-3H3. The Labute approximate surface area is 177 Å². The molecule has 2 aromatic rings. The highest BCUT2D eigenvalue weighted by molar-refractivity contribution is 5.95. The van der Waals surface area contributed by atoms with Gasteiger partial charge < -0.3 is 24.0 Å². The summed E-state index contributed by atoms with van der Waals surface area (Å²) in [5, 5.41) is 0. The summed E-state index contributed by atoms with van der Waals surface area (Å²) < 4.78 is 15.9. The van der Waals surface area contributed by atoms with E-state index in [1.807, 2.05) is 29.2 Å². The van der Waals surface area contributed by atoms with Crippen LogP contribution in [0.4, 0.5) is 0 Å². The van der Waals surface area contributed by atoms with Gasteiger partial charge in [-0.2, -0.15) is 0 Å². The van der Waals surface area contributed by atoms with Gasteiger partial charge in [-0.3, -0.25) is 9.59 Å². The summed E-state index contributed by atoms with van der Waals surface area (Å²) in [4.78, 5) is 29.4. The van der Waals surface area contributed by atoms with E-state index in [-0.39, 0.29) is 18.2 Å². The van der Waals surface area contributed by atoms with Crippen molar-refractivity contribution in [1.29, 1.82) is 0 Å². The van der Waals surface area contributed by atoms with Crippen LogP contribution in [0.5, 0.6) is 17.2 Å². The lowest BCUT2D eigenvalue weighted by molar-refractivity contribution is -0.130. The smallest absolute Gasteiger partial charge is 0.254 e. The van der Waals surface area contributed by atoms with Gasteiger partial charge in [-0.25, -0.2) is 0 Å². The molecule has 2 aromatic carbocycles. The van der Waals surface area contributed by atoms with E-state index in [1.54, 1.807) is 44.4 Å². The first kappa shape index (κ1) is 21.5. The van der Waals surface area contributed by atoms with Gasteiger partial charge >= 0.3 is 0 Å². The number of benzene rings is 2. The molecular weight excluding hydrogens is 384 g/mol. The predicted octanol–water partition coefficient (Wildman–Crippen LogP) is 2.63. The summed E-state index contributed by atoms with van der Waals surface area (Å²) in [5.41, 5.74) is 1.41. The average Bonchev–Trinajstić information content (AvgIpc) is 3.05. The van der Waals surface area contributed by atoms with E-state index < -0.39 is 0 Å². The van der Waals surface area contributed by atoms with E-state index in [0.29, 0.717) is 49.0 Å². The highest BCUT2D eigenvalue weighted by Crippen LogP contribution is 2.28. The second-order valence-electron chi connectivity index (χ2n) is 7.08. The van der Waals surface area contributed by atoms with Gasteiger partial charge in [0.2, 0.25) is 5.91 Å². The van der Waals surface area contributed by atoms with Crippen LogP contribution in [-0.2, 0) is 11.2 Å². The maximum absolute atomic E-state index is 13.0. The zero-order chi connectivity index (χ0) is 21.5. The average molecular weight is 412 g/mol. The number of carbonyl (C=O) groups is 2. The van der Waals surface area contributed by atoms with Gasteiger partial charge in [0.15, 0.2) is 11.5 Å². The predicted molar refractivity (Wildman–Crippen MR) is 113 cm³/mol. The monoisotopic (exact) mass is 412 g/mol. The quantitative estimate of drug-likeness (QED) is 0.730. The molecule has 0 spiro atoms. The Bertz CT molecular complexity index is 899. The topological polar surface area (TPSA) is 68.3 Å². The van der Waals surface area contributed by atoms with Gasteiger partial charge in [-0.05, 0) is 30.7 Å². The fraction of sp³-hybridized carbons (Fsp3) is 0.391. The highest BCUT2D eigenvalue weighted by atomic mass is 16.5. The van der Waals surface area contributed by atoms with E-state index in [1.165, 1.54) is 0 Å². The molecule has 0 unspecified atom stereocenters. The van der Waals surface area contributed by atoms with Crippen LogP contribution < -0.4 is 14.2 Å². The molecule has 0 saturated carbocycles. The van der Waals surface area contributed by atoms with Gasteiger partial charge in [0.1, 0.15) is 5.75 Å². The fourth-order valence-corrected chi connectivity index (χ4v) is 3.65. The number of ether oxygens (including phenoxy) is 3. The van der Waals surface area contributed by atoms with Crippen molar-refractivity contribution in [1.82, 2.24) is 9.80 Å². The van der Waals surface area contributed by atoms with Gasteiger partial charge in [-0.1, -0.05) is 18.2 Å². The summed E-state index contributed by atoms with van der Waals surface area (Å²) in [5.74, 6) is 1.78. The maximum atomic E-state index is 13.0. The summed E-state index contributed by atoms with van der Waals surface area (Å²) in [7, 11) is 4.71. The Morgan fingerprint density at radius 1 is 0.800 bits per heavy atom. The second-order valence-corrected chi connectivity index (χ2v) is 7.08. The van der Waals surface area contributed by atoms with E-state index in [0.717, 1.165) is 12.0 Å². The molecule has 1 saturated heterocycles. The largest absolute Gasteiger partial charge is 0.496 e. The van der Waals surface area contributed by atoms with E-state index in [2.05, 4.69) is 0 Å². The first-order valence-electron chi connectivity index (χ1n) is 9.98. The van der Waals surface area contributed by atoms with Crippen molar-refractivity contribution in [3.63, 3.8) is 0 Å². The molecule has 1 aliphatic heterocycles. The van der Waals surface area contributed by atoms with Crippen molar-refractivity contribution < 1.29 is 23.8 Å². The van der Waals surface area contributed by atoms with Crippen molar-refractivity contribution in [3.8, 4) is 17.2 Å². The summed E-state index contributed by atoms with van der Waals surface area (Å²) in [6.45, 7) is 2.23. The molecule has 30 heavy (non-hydrogen) atoms. The molecule has 1 heterocycles. The van der Waals surface area contributed by atoms with Gasteiger partial charge in [0.05, 0.1) is 27.8 Å². The molecule has 160 valence electrons. The first-order valence-corrected chi connectivity index (χ1v) is 9.98. The van der Waals surface area contributed by atoms with Gasteiger partial charge in [0, 0.05) is 37.3 Å². The molecule has 1 aliphatic rings. The number of rotatable bonds is 6. The first-order chi connectivity index (χ1) is 14.6. The Kier molecular flexibility index (Phi) is 7.17. The normalized spacial score (nSPS) is 14.1. The van der Waals surface area contributed by atoms with Gasteiger partial charge in [-0.15, -0.1) is 0 Å². The zero-order valence-electron chi connectivity index (χ0n) is 17.7. The molecule has 0 aliphatic carbocycles. The van der Waals surface area contributed by atoms with Crippen LogP contribution in [0.15, 0.2) is 42.5 Å². The highest BCUT2D eigenvalue weighted by Gasteiger charge is 2.24. The summed E-state index contributed by atoms with van der Waals surface area (Å²) in [6.07, 6.45) is 1.02. The molecule has 0 aromatic heterocycles. The number of methoxy groups -OCH3 is 3. The minimum atomic E-state index is -0.0741. The Morgan fingerprint density at radius 3 is 2.20 bits per heavy atom. The molecule has 7 nitrogen and oxygen atoms in total. The van der Waals surface area contributed by atoms with E-state index in [4.69, 9.17) is 14.2 Å². The second kappa shape index (κ2) is 10.0. The number of amides is 2. The van der Waals surface area contributed by atoms with Crippen LogP contribution >= 0.6 is 0 Å². The number of para-hydroxylation sites is 1. The molecule has 0 bridgehead atoms. The van der Waals surface area contributed by atoms with Crippen LogP contribution in [0.1, 0.15) is 22.3 Å². The third kappa shape index (κ3) is 4.84. The lowest BCUT2D eigenvalue weighted by Crippen LogP contribution is -2.38. The maximum Gasteiger partial charge on any atom is 0.254 e. The van der Waals surface area contributed by atoms with Crippen LogP contribution in [0.3, 0.4) is 0 Å². The lowest BCUT2D eigenvalue weighted by atomic mass is 10.1. The van der Waals surface area contributed by atoms with Crippen molar-refractivity contribution in [3.05, 3.63) is 53.6 Å². The van der Waals surface area contributed by atoms with Crippen LogP contribution in [0.2, 0.25) is 0 Å². The molecule has 0 radical (unpaired) electrons. The minimum Gasteiger partial charge on any atom is -0.496 e. The number of nitrogens with zero attached hydrogens (tertiary/aromatic N) is 2. The van der Waals surface area contributed by atoms with Crippen molar-refractivity contribution in [2.75, 3.05) is 47.5 Å². The Hall–Kier alpha value is -3.22. The van der Waals surface area contributed by atoms with Crippen LogP contribution in [0.25, 0.3) is 0 Å². The van der Waals surface area contributed by atoms with Crippen molar-refractivity contribution in [2.24, 2.45) is 0 Å². The number of hydrogen-bond donors (Lipinski definition) is 0. The molecular formula is C23H28N2O5. The summed E-state index contributed by atoms with van der Waals surface area (Å²) in [6, 6.07) is 12.7. The van der Waals surface area contributed by atoms with Crippen LogP contribution in [-0.4, -0.2) is 69.1 Å². The molecule has 1 fully saturated rings. The van der Waals surface area contributed by atoms with Gasteiger partial charge in [0.25, 0.3) is 5.91 Å². The van der Waals surface area contributed by atoms with E-state index >= 15 is 0 Å². The van der Waals surface area contributed by atoms with Crippen LogP contribution in [0, 0.1) is 0 Å². The SMILES string of the molecule is COc1ccccc1CC(=O)N1CCCN(C(=O)c2ccc(OC)c(OC)c2)CC1. The molecule has 3 rings (SSSR count). The summed E-state index contributed by atoms with van der Waals surface area (Å²) >= 11 is 0. The molecule has 7 heteroatoms. The van der Waals surface area contributed by atoms with Crippen molar-refractivity contribution >= 4 is 11.8 Å². The number of hydrogen-bond acceptors (Lipinski definition) is 5. The molecule has 0 atom stereocenters. The zero-order valence-corrected chi connectivity index (χ0v) is 17.7. The van der Waals surface area contributed by atoms with E-state index in [9.17, 15) is 9.59 Å². The lowest BCUT2D eigenvalue weighted by Gasteiger charge is -2.23. The fourth-order valence-electron chi connectivity index (χ4n) is 3.65. The third-order valence-electron chi connectivity index (χ3n) is 5.30. The molecule has 2 amide bonds. The number of carbonyl (C=O) groups excluding carboxylic acids is 2. The Balaban J connectivity index is 1.64.